The molecule has 0 spiro atoms. The summed E-state index contributed by atoms with van der Waals surface area (Å²) < 4.78 is 7.09. The number of nitrogen functional groups attached to an aromatic ring is 1. The van der Waals surface area contributed by atoms with Crippen LogP contribution in [0.3, 0.4) is 0 Å². The minimum Gasteiger partial charge on any atom is -0.496 e. The highest BCUT2D eigenvalue weighted by Gasteiger charge is 2.17. The normalized spacial score (nSPS) is 10.7. The number of methoxy groups -OCH3 is 1. The van der Waals surface area contributed by atoms with Crippen LogP contribution in [0.1, 0.15) is 11.1 Å². The molecule has 0 saturated heterocycles. The molecule has 0 radical (unpaired) electrons. The van der Waals surface area contributed by atoms with Gasteiger partial charge in [0.15, 0.2) is 0 Å². The fraction of sp³-hybridized carbons (Fsp3) is 0.308. The quantitative estimate of drug-likeness (QED) is 0.908. The van der Waals surface area contributed by atoms with Gasteiger partial charge < -0.3 is 10.5 Å². The molecule has 1 aromatic carbocycles. The van der Waals surface area contributed by atoms with E-state index in [1.165, 1.54) is 0 Å². The van der Waals surface area contributed by atoms with Gasteiger partial charge in [0.25, 0.3) is 0 Å². The third-order valence-corrected chi connectivity index (χ3v) is 3.68. The first kappa shape index (κ1) is 12.8. The van der Waals surface area contributed by atoms with Crippen LogP contribution in [0.15, 0.2) is 12.3 Å². The van der Waals surface area contributed by atoms with Crippen LogP contribution in [0, 0.1) is 13.8 Å². The largest absolute Gasteiger partial charge is 0.496 e. The van der Waals surface area contributed by atoms with Crippen molar-refractivity contribution in [2.75, 3.05) is 12.8 Å². The smallest absolute Gasteiger partial charge is 0.131 e. The molecule has 0 aliphatic rings. The molecule has 1 heterocycles. The maximum absolute atomic E-state index is 6.23. The number of halogens is 1. The molecule has 2 aromatic rings. The summed E-state index contributed by atoms with van der Waals surface area (Å²) >= 11 is 6.23. The molecule has 0 unspecified atom stereocenters. The summed E-state index contributed by atoms with van der Waals surface area (Å²) in [5.41, 5.74) is 9.69. The molecule has 0 aliphatic carbocycles. The van der Waals surface area contributed by atoms with Gasteiger partial charge >= 0.3 is 0 Å². The molecule has 0 fully saturated rings. The molecule has 18 heavy (non-hydrogen) atoms. The molecular formula is C13H16ClN3O. The molecule has 4 nitrogen and oxygen atoms in total. The van der Waals surface area contributed by atoms with E-state index in [0.717, 1.165) is 33.0 Å². The van der Waals surface area contributed by atoms with Crippen LogP contribution in [0.2, 0.25) is 5.02 Å². The lowest BCUT2D eigenvalue weighted by Gasteiger charge is -2.14. The van der Waals surface area contributed by atoms with Crippen molar-refractivity contribution in [2.45, 2.75) is 13.8 Å². The molecule has 2 rings (SSSR count). The number of anilines is 1. The minimum absolute atomic E-state index is 0.606. The minimum atomic E-state index is 0.606. The van der Waals surface area contributed by atoms with E-state index in [9.17, 15) is 0 Å². The Morgan fingerprint density at radius 3 is 2.50 bits per heavy atom. The number of rotatable bonds is 2. The van der Waals surface area contributed by atoms with Gasteiger partial charge in [-0.15, -0.1) is 0 Å². The van der Waals surface area contributed by atoms with Crippen molar-refractivity contribution in [2.24, 2.45) is 7.05 Å². The van der Waals surface area contributed by atoms with Gasteiger partial charge in [0.2, 0.25) is 0 Å². The van der Waals surface area contributed by atoms with Crippen LogP contribution in [0.25, 0.3) is 11.1 Å². The first-order valence-corrected chi connectivity index (χ1v) is 5.96. The standard InChI is InChI=1S/C13H16ClN3O/c1-7-5-9(10-6-16-17(3)13(10)15)12(18-4)8(2)11(7)14/h5-6H,15H2,1-4H3. The SMILES string of the molecule is COc1c(-c2cnn(C)c2N)cc(C)c(Cl)c1C. The fourth-order valence-electron chi connectivity index (χ4n) is 2.06. The van der Waals surface area contributed by atoms with Gasteiger partial charge in [0.1, 0.15) is 11.6 Å². The third-order valence-electron chi connectivity index (χ3n) is 3.10. The summed E-state index contributed by atoms with van der Waals surface area (Å²) in [4.78, 5) is 0. The predicted octanol–water partition coefficient (Wildman–Crippen LogP) is 2.95. The van der Waals surface area contributed by atoms with Crippen molar-refractivity contribution < 1.29 is 4.74 Å². The Bertz CT molecular complexity index is 605. The van der Waals surface area contributed by atoms with Crippen LogP contribution in [0.5, 0.6) is 5.75 Å². The molecule has 0 bridgehead atoms. The molecule has 96 valence electrons. The zero-order valence-electron chi connectivity index (χ0n) is 10.9. The predicted molar refractivity (Wildman–Crippen MR) is 74.1 cm³/mol. The zero-order chi connectivity index (χ0) is 13.4. The van der Waals surface area contributed by atoms with Crippen molar-refractivity contribution in [3.05, 3.63) is 28.4 Å². The third kappa shape index (κ3) is 1.82. The summed E-state index contributed by atoms with van der Waals surface area (Å²) in [6.07, 6.45) is 1.74. The highest BCUT2D eigenvalue weighted by Crippen LogP contribution is 2.40. The lowest BCUT2D eigenvalue weighted by atomic mass is 10.0. The van der Waals surface area contributed by atoms with Gasteiger partial charge in [0, 0.05) is 23.7 Å². The first-order valence-electron chi connectivity index (χ1n) is 5.59. The molecule has 2 N–H and O–H groups in total. The average molecular weight is 266 g/mol. The Kier molecular flexibility index (Phi) is 3.22. The highest BCUT2D eigenvalue weighted by atomic mass is 35.5. The Morgan fingerprint density at radius 1 is 1.33 bits per heavy atom. The van der Waals surface area contributed by atoms with Crippen LogP contribution < -0.4 is 10.5 Å². The van der Waals surface area contributed by atoms with Crippen LogP contribution in [-0.4, -0.2) is 16.9 Å². The second kappa shape index (κ2) is 4.53. The first-order chi connectivity index (χ1) is 8.47. The number of nitrogens with zero attached hydrogens (tertiary/aromatic N) is 2. The Labute approximate surface area is 111 Å². The van der Waals surface area contributed by atoms with E-state index in [2.05, 4.69) is 5.10 Å². The zero-order valence-corrected chi connectivity index (χ0v) is 11.7. The van der Waals surface area contributed by atoms with Crippen LogP contribution >= 0.6 is 11.6 Å². The van der Waals surface area contributed by atoms with E-state index in [1.54, 1.807) is 25.0 Å². The Balaban J connectivity index is 2.75. The maximum Gasteiger partial charge on any atom is 0.131 e. The molecule has 5 heteroatoms. The van der Waals surface area contributed by atoms with Crippen molar-refractivity contribution in [3.8, 4) is 16.9 Å². The van der Waals surface area contributed by atoms with E-state index in [-0.39, 0.29) is 0 Å². The fourth-order valence-corrected chi connectivity index (χ4v) is 2.20. The van der Waals surface area contributed by atoms with Crippen molar-refractivity contribution >= 4 is 17.4 Å². The van der Waals surface area contributed by atoms with Gasteiger partial charge in [-0.05, 0) is 25.5 Å². The summed E-state index contributed by atoms with van der Waals surface area (Å²) in [5.74, 6) is 1.35. The number of ether oxygens (including phenoxy) is 1. The van der Waals surface area contributed by atoms with E-state index in [1.807, 2.05) is 19.9 Å². The van der Waals surface area contributed by atoms with E-state index < -0.39 is 0 Å². The van der Waals surface area contributed by atoms with E-state index in [4.69, 9.17) is 22.1 Å². The molecule has 0 aliphatic heterocycles. The highest BCUT2D eigenvalue weighted by molar-refractivity contribution is 6.32. The summed E-state index contributed by atoms with van der Waals surface area (Å²) in [5, 5.41) is 4.87. The Morgan fingerprint density at radius 2 is 2.00 bits per heavy atom. The van der Waals surface area contributed by atoms with E-state index >= 15 is 0 Å². The van der Waals surface area contributed by atoms with Gasteiger partial charge in [-0.25, -0.2) is 0 Å². The number of aromatic nitrogens is 2. The number of hydrogen-bond donors (Lipinski definition) is 1. The van der Waals surface area contributed by atoms with Crippen molar-refractivity contribution in [3.63, 3.8) is 0 Å². The molecule has 0 atom stereocenters. The lowest BCUT2D eigenvalue weighted by molar-refractivity contribution is 0.413. The number of aryl methyl sites for hydroxylation is 2. The van der Waals surface area contributed by atoms with Crippen LogP contribution in [0.4, 0.5) is 5.82 Å². The number of benzene rings is 1. The molecule has 1 aromatic heterocycles. The van der Waals surface area contributed by atoms with Crippen LogP contribution in [-0.2, 0) is 7.05 Å². The monoisotopic (exact) mass is 265 g/mol. The van der Waals surface area contributed by atoms with E-state index in [0.29, 0.717) is 5.82 Å². The lowest BCUT2D eigenvalue weighted by Crippen LogP contribution is -1.99. The van der Waals surface area contributed by atoms with Gasteiger partial charge in [-0.2, -0.15) is 5.10 Å². The van der Waals surface area contributed by atoms with Crippen molar-refractivity contribution in [1.82, 2.24) is 9.78 Å². The van der Waals surface area contributed by atoms with Crippen molar-refractivity contribution in [1.29, 1.82) is 0 Å². The Hall–Kier alpha value is -1.68. The summed E-state index contributed by atoms with van der Waals surface area (Å²) in [6.45, 7) is 3.90. The molecular weight excluding hydrogens is 250 g/mol. The number of hydrogen-bond acceptors (Lipinski definition) is 3. The average Bonchev–Trinajstić information content (AvgIpc) is 2.67. The summed E-state index contributed by atoms with van der Waals surface area (Å²) in [7, 11) is 3.44. The molecule has 0 saturated carbocycles. The second-order valence-corrected chi connectivity index (χ2v) is 4.66. The van der Waals surface area contributed by atoms with Gasteiger partial charge in [0.05, 0.1) is 18.3 Å². The van der Waals surface area contributed by atoms with Gasteiger partial charge in [-0.3, -0.25) is 4.68 Å². The summed E-state index contributed by atoms with van der Waals surface area (Å²) in [6, 6.07) is 1.97. The number of nitrogens with two attached hydrogens (primary N) is 1. The van der Waals surface area contributed by atoms with Gasteiger partial charge in [-0.1, -0.05) is 11.6 Å². The second-order valence-electron chi connectivity index (χ2n) is 4.28. The molecule has 0 amide bonds. The topological polar surface area (TPSA) is 53.1 Å². The maximum atomic E-state index is 6.23.